The van der Waals surface area contributed by atoms with E-state index in [1.54, 1.807) is 11.8 Å². The molecular weight excluding hydrogens is 471 g/mol. The monoisotopic (exact) mass is 488 g/mol. The van der Waals surface area contributed by atoms with Crippen LogP contribution in [0.25, 0.3) is 5.57 Å². The molecule has 1 aromatic heterocycles. The Bertz CT molecular complexity index is 1110. The molecular formula is C19H18Cl2N2O3S3. The zero-order valence-electron chi connectivity index (χ0n) is 15.8. The number of rotatable bonds is 5. The van der Waals surface area contributed by atoms with Crippen LogP contribution in [-0.4, -0.2) is 27.3 Å². The third-order valence-electron chi connectivity index (χ3n) is 4.30. The molecule has 2 heterocycles. The lowest BCUT2D eigenvalue weighted by atomic mass is 10.1. The zero-order valence-corrected chi connectivity index (χ0v) is 19.8. The van der Waals surface area contributed by atoms with Gasteiger partial charge in [0.25, 0.3) is 0 Å². The van der Waals surface area contributed by atoms with E-state index < -0.39 is 5.97 Å². The average molecular weight is 489 g/mol. The molecule has 1 aliphatic heterocycles. The fourth-order valence-electron chi connectivity index (χ4n) is 2.94. The molecule has 0 amide bonds. The highest BCUT2D eigenvalue weighted by atomic mass is 35.5. The number of thiazole rings is 1. The Labute approximate surface area is 191 Å². The number of carboxylic acid groups (broad SMARTS) is 1. The van der Waals surface area contributed by atoms with E-state index in [0.717, 1.165) is 33.3 Å². The van der Waals surface area contributed by atoms with E-state index in [9.17, 15) is 9.90 Å². The van der Waals surface area contributed by atoms with Gasteiger partial charge in [0.15, 0.2) is 3.95 Å². The fraction of sp³-hybridized carbons (Fsp3) is 0.263. The fourth-order valence-corrected chi connectivity index (χ4v) is 5.93. The summed E-state index contributed by atoms with van der Waals surface area (Å²) in [5.74, 6) is -1.20. The summed E-state index contributed by atoms with van der Waals surface area (Å²) in [4.78, 5) is 14.8. The molecule has 0 saturated heterocycles. The zero-order chi connectivity index (χ0) is 21.5. The van der Waals surface area contributed by atoms with E-state index >= 15 is 0 Å². The highest BCUT2D eigenvalue weighted by molar-refractivity contribution is 8.03. The first-order chi connectivity index (χ1) is 13.6. The van der Waals surface area contributed by atoms with Gasteiger partial charge in [0.05, 0.1) is 25.6 Å². The first-order valence-electron chi connectivity index (χ1n) is 8.62. The molecule has 0 atom stereocenters. The first-order valence-corrected chi connectivity index (χ1v) is 11.4. The summed E-state index contributed by atoms with van der Waals surface area (Å²) in [5, 5.41) is 21.7. The second kappa shape index (κ2) is 8.73. The molecule has 0 saturated carbocycles. The van der Waals surface area contributed by atoms with Gasteiger partial charge in [-0.3, -0.25) is 9.36 Å². The van der Waals surface area contributed by atoms with Gasteiger partial charge in [-0.2, -0.15) is 0 Å². The third kappa shape index (κ3) is 4.36. The van der Waals surface area contributed by atoms with Crippen LogP contribution in [0.3, 0.4) is 0 Å². The number of fused-ring (bicyclic) bond motifs is 1. The largest absolute Gasteiger partial charge is 0.493 e. The number of aliphatic carboxylic acids is 1. The molecule has 29 heavy (non-hydrogen) atoms. The smallest absolute Gasteiger partial charge is 0.323 e. The number of thioether (sulfide) groups is 1. The lowest BCUT2D eigenvalue weighted by Gasteiger charge is -2.19. The summed E-state index contributed by atoms with van der Waals surface area (Å²) in [7, 11) is 0. The minimum absolute atomic E-state index is 0.134. The Morgan fingerprint density at radius 2 is 1.93 bits per heavy atom. The van der Waals surface area contributed by atoms with Crippen LogP contribution in [0.15, 0.2) is 33.7 Å². The number of aromatic hydroxyl groups is 1. The van der Waals surface area contributed by atoms with Crippen LogP contribution in [0.1, 0.15) is 25.6 Å². The Kier molecular flexibility index (Phi) is 6.70. The predicted octanol–water partition coefficient (Wildman–Crippen LogP) is 6.64. The third-order valence-corrected chi connectivity index (χ3v) is 7.59. The normalized spacial score (nSPS) is 14.4. The number of allylic oxidation sites excluding steroid dienone is 3. The van der Waals surface area contributed by atoms with Crippen molar-refractivity contribution in [2.75, 3.05) is 11.4 Å². The van der Waals surface area contributed by atoms with Gasteiger partial charge in [-0.25, -0.2) is 0 Å². The van der Waals surface area contributed by atoms with Crippen molar-refractivity contribution in [1.82, 2.24) is 4.57 Å². The highest BCUT2D eigenvalue weighted by Gasteiger charge is 2.27. The maximum Gasteiger partial charge on any atom is 0.323 e. The van der Waals surface area contributed by atoms with E-state index in [1.165, 1.54) is 15.9 Å². The number of benzene rings is 1. The lowest BCUT2D eigenvalue weighted by Crippen LogP contribution is -2.16. The number of carbonyl (C=O) groups is 1. The van der Waals surface area contributed by atoms with Crippen molar-refractivity contribution in [1.29, 1.82) is 0 Å². The van der Waals surface area contributed by atoms with Crippen molar-refractivity contribution in [3.63, 3.8) is 0 Å². The Hall–Kier alpha value is -1.45. The number of hydrogen-bond donors (Lipinski definition) is 2. The molecule has 0 fully saturated rings. The van der Waals surface area contributed by atoms with Crippen molar-refractivity contribution in [3.8, 4) is 5.88 Å². The molecule has 2 N–H and O–H groups in total. The molecule has 0 spiro atoms. The number of halogens is 2. The summed E-state index contributed by atoms with van der Waals surface area (Å²) >= 11 is 20.4. The minimum atomic E-state index is -1.06. The summed E-state index contributed by atoms with van der Waals surface area (Å²) in [6, 6.07) is 3.70. The van der Waals surface area contributed by atoms with Crippen molar-refractivity contribution in [2.24, 2.45) is 0 Å². The average Bonchev–Trinajstić information content (AvgIpc) is 3.10. The quantitative estimate of drug-likeness (QED) is 0.459. The predicted molar refractivity (Wildman–Crippen MR) is 124 cm³/mol. The standard InChI is InChI=1S/C19H18Cl2N2O3S3/c1-4-22-13-6-11(20)12(21)7-14(13)28-15(22)5-10(9(2)3)17-18(26)23(8-16(24)25)19(27)29-17/h5-7,26H,4,8H2,1-3H3,(H,24,25). The van der Waals surface area contributed by atoms with Crippen LogP contribution in [0.5, 0.6) is 5.88 Å². The number of aromatic nitrogens is 1. The van der Waals surface area contributed by atoms with Crippen LogP contribution in [0, 0.1) is 3.95 Å². The molecule has 0 unspecified atom stereocenters. The number of carboxylic acids is 1. The van der Waals surface area contributed by atoms with E-state index in [-0.39, 0.29) is 12.4 Å². The molecule has 2 aromatic rings. The second-order valence-electron chi connectivity index (χ2n) is 6.48. The van der Waals surface area contributed by atoms with Crippen LogP contribution in [-0.2, 0) is 11.3 Å². The summed E-state index contributed by atoms with van der Waals surface area (Å²) in [5.41, 5.74) is 2.75. The molecule has 154 valence electrons. The number of hydrogen-bond acceptors (Lipinski definition) is 6. The highest BCUT2D eigenvalue weighted by Crippen LogP contribution is 2.50. The van der Waals surface area contributed by atoms with Gasteiger partial charge >= 0.3 is 5.97 Å². The maximum atomic E-state index is 11.1. The van der Waals surface area contributed by atoms with Crippen LogP contribution < -0.4 is 4.90 Å². The molecule has 3 rings (SSSR count). The Morgan fingerprint density at radius 3 is 2.52 bits per heavy atom. The van der Waals surface area contributed by atoms with Crippen molar-refractivity contribution < 1.29 is 15.0 Å². The van der Waals surface area contributed by atoms with Crippen molar-refractivity contribution in [3.05, 3.63) is 47.7 Å². The van der Waals surface area contributed by atoms with Gasteiger partial charge in [-0.05, 0) is 56.8 Å². The molecule has 10 heteroatoms. The van der Waals surface area contributed by atoms with Crippen molar-refractivity contribution >= 4 is 75.7 Å². The van der Waals surface area contributed by atoms with Gasteiger partial charge in [-0.1, -0.05) is 40.5 Å². The minimum Gasteiger partial charge on any atom is -0.493 e. The molecule has 1 aliphatic rings. The van der Waals surface area contributed by atoms with Gasteiger partial charge < -0.3 is 15.1 Å². The van der Waals surface area contributed by atoms with E-state index in [1.807, 2.05) is 39.0 Å². The summed E-state index contributed by atoms with van der Waals surface area (Å²) in [6.45, 7) is 6.26. The molecule has 5 nitrogen and oxygen atoms in total. The van der Waals surface area contributed by atoms with Gasteiger partial charge in [0.1, 0.15) is 6.54 Å². The maximum absolute atomic E-state index is 11.1. The topological polar surface area (TPSA) is 65.7 Å². The van der Waals surface area contributed by atoms with Gasteiger partial charge in [0.2, 0.25) is 5.88 Å². The number of nitrogens with zero attached hydrogens (tertiary/aromatic N) is 2. The van der Waals surface area contributed by atoms with Crippen molar-refractivity contribution in [2.45, 2.75) is 32.2 Å². The van der Waals surface area contributed by atoms with Crippen LogP contribution in [0.4, 0.5) is 5.69 Å². The molecule has 0 radical (unpaired) electrons. The summed E-state index contributed by atoms with van der Waals surface area (Å²) < 4.78 is 1.54. The Morgan fingerprint density at radius 1 is 1.28 bits per heavy atom. The van der Waals surface area contributed by atoms with E-state index in [0.29, 0.717) is 18.9 Å². The SMILES string of the molecule is CCN1C(=CC(=C(C)C)c2sc(=S)n(CC(=O)O)c2O)Sc2cc(Cl)c(Cl)cc21. The number of anilines is 1. The molecule has 1 aromatic carbocycles. The van der Waals surface area contributed by atoms with Crippen LogP contribution >= 0.6 is 58.5 Å². The molecule has 0 aliphatic carbocycles. The lowest BCUT2D eigenvalue weighted by molar-refractivity contribution is -0.137. The molecule has 0 bridgehead atoms. The Balaban J connectivity index is 2.09. The van der Waals surface area contributed by atoms with E-state index in [4.69, 9.17) is 40.5 Å². The summed E-state index contributed by atoms with van der Waals surface area (Å²) in [6.07, 6.45) is 1.98. The van der Waals surface area contributed by atoms with Gasteiger partial charge in [-0.15, -0.1) is 11.3 Å². The van der Waals surface area contributed by atoms with E-state index in [2.05, 4.69) is 4.90 Å². The van der Waals surface area contributed by atoms with Gasteiger partial charge in [0, 0.05) is 11.4 Å². The first kappa shape index (κ1) is 22.2. The van der Waals surface area contributed by atoms with Crippen LogP contribution in [0.2, 0.25) is 10.0 Å². The second-order valence-corrected chi connectivity index (χ2v) is 10.00.